The van der Waals surface area contributed by atoms with Crippen LogP contribution in [-0.2, 0) is 14.8 Å². The van der Waals surface area contributed by atoms with Gasteiger partial charge in [-0.25, -0.2) is 8.42 Å². The van der Waals surface area contributed by atoms with Crippen molar-refractivity contribution in [1.82, 2.24) is 4.72 Å². The summed E-state index contributed by atoms with van der Waals surface area (Å²) in [7, 11) is -3.98. The molecule has 0 spiro atoms. The maximum atomic E-state index is 12.1. The molecule has 2 rings (SSSR count). The lowest BCUT2D eigenvalue weighted by molar-refractivity contribution is -0.138. The lowest BCUT2D eigenvalue weighted by Crippen LogP contribution is -2.38. The average molecular weight is 287 g/mol. The summed E-state index contributed by atoms with van der Waals surface area (Å²) >= 11 is 0. The highest BCUT2D eigenvalue weighted by atomic mass is 32.2. The van der Waals surface area contributed by atoms with Gasteiger partial charge in [0, 0.05) is 0 Å². The van der Waals surface area contributed by atoms with Crippen LogP contribution in [0.15, 0.2) is 23.1 Å². The van der Waals surface area contributed by atoms with Gasteiger partial charge in [-0.2, -0.15) is 4.72 Å². The molecule has 0 radical (unpaired) electrons. The van der Waals surface area contributed by atoms with E-state index in [4.69, 9.17) is 14.6 Å². The summed E-state index contributed by atoms with van der Waals surface area (Å²) in [6, 6.07) is 3.21. The molecule has 1 aromatic carbocycles. The Kier molecular flexibility index (Phi) is 3.63. The Balaban J connectivity index is 2.38. The predicted molar refractivity (Wildman–Crippen MR) is 64.9 cm³/mol. The van der Waals surface area contributed by atoms with E-state index in [9.17, 15) is 13.2 Å². The zero-order valence-corrected chi connectivity index (χ0v) is 10.9. The molecule has 2 N–H and O–H groups in total. The maximum absolute atomic E-state index is 12.1. The minimum absolute atomic E-state index is 0.110. The molecule has 7 nitrogen and oxygen atoms in total. The number of hydrogen-bond acceptors (Lipinski definition) is 5. The molecule has 0 fully saturated rings. The third-order valence-electron chi connectivity index (χ3n) is 2.52. The summed E-state index contributed by atoms with van der Waals surface area (Å²) in [5.41, 5.74) is 0. The Hall–Kier alpha value is -1.80. The van der Waals surface area contributed by atoms with Crippen LogP contribution >= 0.6 is 0 Å². The number of rotatable bonds is 4. The van der Waals surface area contributed by atoms with E-state index in [1.54, 1.807) is 6.07 Å². The Morgan fingerprint density at radius 1 is 1.37 bits per heavy atom. The van der Waals surface area contributed by atoms with Gasteiger partial charge < -0.3 is 14.6 Å². The number of fused-ring (bicyclic) bond motifs is 1. The molecular weight excluding hydrogens is 274 g/mol. The van der Waals surface area contributed by atoms with E-state index < -0.39 is 22.0 Å². The molecule has 1 heterocycles. The van der Waals surface area contributed by atoms with Crippen LogP contribution < -0.4 is 14.2 Å². The quantitative estimate of drug-likeness (QED) is 0.820. The maximum Gasteiger partial charge on any atom is 0.321 e. The SMILES string of the molecule is CC(NS(=O)(=O)c1cccc2c1OCCO2)C(=O)O. The number of aliphatic carboxylic acids is 1. The van der Waals surface area contributed by atoms with Crippen molar-refractivity contribution in [2.75, 3.05) is 13.2 Å². The van der Waals surface area contributed by atoms with E-state index in [0.29, 0.717) is 12.4 Å². The van der Waals surface area contributed by atoms with Gasteiger partial charge in [0.15, 0.2) is 11.5 Å². The summed E-state index contributed by atoms with van der Waals surface area (Å²) in [4.78, 5) is 10.6. The number of para-hydroxylation sites is 1. The number of carboxylic acid groups (broad SMARTS) is 1. The highest BCUT2D eigenvalue weighted by Crippen LogP contribution is 2.36. The van der Waals surface area contributed by atoms with Crippen LogP contribution in [0, 0.1) is 0 Å². The van der Waals surface area contributed by atoms with Gasteiger partial charge in [0.05, 0.1) is 0 Å². The summed E-state index contributed by atoms with van der Waals surface area (Å²) in [5.74, 6) is -0.818. The van der Waals surface area contributed by atoms with Gasteiger partial charge >= 0.3 is 5.97 Å². The van der Waals surface area contributed by atoms with Crippen molar-refractivity contribution in [3.63, 3.8) is 0 Å². The minimum atomic E-state index is -3.98. The van der Waals surface area contributed by atoms with Crippen LogP contribution in [0.4, 0.5) is 0 Å². The van der Waals surface area contributed by atoms with Crippen LogP contribution in [0.5, 0.6) is 11.5 Å². The van der Waals surface area contributed by atoms with E-state index in [2.05, 4.69) is 4.72 Å². The first-order valence-corrected chi connectivity index (χ1v) is 7.04. The standard InChI is InChI=1S/C11H13NO6S/c1-7(11(13)14)12-19(15,16)9-4-2-3-8-10(9)18-6-5-17-8/h2-4,7,12H,5-6H2,1H3,(H,13,14). The molecule has 19 heavy (non-hydrogen) atoms. The van der Waals surface area contributed by atoms with E-state index >= 15 is 0 Å². The highest BCUT2D eigenvalue weighted by molar-refractivity contribution is 7.89. The molecule has 8 heteroatoms. The molecule has 0 aliphatic carbocycles. The molecule has 1 unspecified atom stereocenters. The van der Waals surface area contributed by atoms with Gasteiger partial charge in [-0.05, 0) is 19.1 Å². The van der Waals surface area contributed by atoms with E-state index in [1.165, 1.54) is 19.1 Å². The number of hydrogen-bond donors (Lipinski definition) is 2. The number of carboxylic acids is 1. The number of nitrogens with one attached hydrogen (secondary N) is 1. The van der Waals surface area contributed by atoms with Crippen molar-refractivity contribution < 1.29 is 27.8 Å². The number of sulfonamides is 1. The molecule has 1 atom stereocenters. The van der Waals surface area contributed by atoms with Crippen molar-refractivity contribution in [2.45, 2.75) is 17.9 Å². The second kappa shape index (κ2) is 5.06. The van der Waals surface area contributed by atoms with Crippen LogP contribution in [0.2, 0.25) is 0 Å². The Morgan fingerprint density at radius 2 is 2.05 bits per heavy atom. The van der Waals surface area contributed by atoms with Crippen LogP contribution in [0.1, 0.15) is 6.92 Å². The zero-order valence-electron chi connectivity index (χ0n) is 10.1. The molecule has 1 aliphatic rings. The van der Waals surface area contributed by atoms with Crippen molar-refractivity contribution in [3.8, 4) is 11.5 Å². The summed E-state index contributed by atoms with van der Waals surface area (Å²) in [5, 5.41) is 8.75. The largest absolute Gasteiger partial charge is 0.486 e. The van der Waals surface area contributed by atoms with Crippen LogP contribution in [0.25, 0.3) is 0 Å². The highest BCUT2D eigenvalue weighted by Gasteiger charge is 2.28. The zero-order chi connectivity index (χ0) is 14.0. The Bertz CT molecular complexity index is 597. The molecule has 1 aliphatic heterocycles. The average Bonchev–Trinajstić information content (AvgIpc) is 2.37. The molecule has 0 saturated heterocycles. The van der Waals surface area contributed by atoms with Crippen molar-refractivity contribution in [3.05, 3.63) is 18.2 Å². The second-order valence-electron chi connectivity index (χ2n) is 3.96. The topological polar surface area (TPSA) is 102 Å². The van der Waals surface area contributed by atoms with E-state index in [1.807, 2.05) is 0 Å². The Morgan fingerprint density at radius 3 is 2.74 bits per heavy atom. The van der Waals surface area contributed by atoms with E-state index in [0.717, 1.165) is 0 Å². The number of carbonyl (C=O) groups is 1. The predicted octanol–water partition coefficient (Wildman–Crippen LogP) is 0.209. The third kappa shape index (κ3) is 2.79. The molecular formula is C11H13NO6S. The second-order valence-corrected chi connectivity index (χ2v) is 5.64. The van der Waals surface area contributed by atoms with Crippen LogP contribution in [0.3, 0.4) is 0 Å². The van der Waals surface area contributed by atoms with Gasteiger partial charge in [0.2, 0.25) is 10.0 Å². The van der Waals surface area contributed by atoms with Gasteiger partial charge in [-0.3, -0.25) is 4.79 Å². The molecule has 104 valence electrons. The van der Waals surface area contributed by atoms with Crippen molar-refractivity contribution in [2.24, 2.45) is 0 Å². The number of benzene rings is 1. The minimum Gasteiger partial charge on any atom is -0.486 e. The van der Waals surface area contributed by atoms with Crippen molar-refractivity contribution >= 4 is 16.0 Å². The summed E-state index contributed by atoms with van der Waals surface area (Å²) in [6.07, 6.45) is 0. The van der Waals surface area contributed by atoms with Crippen molar-refractivity contribution in [1.29, 1.82) is 0 Å². The fourth-order valence-electron chi connectivity index (χ4n) is 1.61. The van der Waals surface area contributed by atoms with Gasteiger partial charge in [-0.15, -0.1) is 0 Å². The van der Waals surface area contributed by atoms with Gasteiger partial charge in [0.1, 0.15) is 24.2 Å². The van der Waals surface area contributed by atoms with Gasteiger partial charge in [-0.1, -0.05) is 6.07 Å². The summed E-state index contributed by atoms with van der Waals surface area (Å²) < 4.78 is 36.8. The lowest BCUT2D eigenvalue weighted by atomic mass is 10.3. The normalized spacial score (nSPS) is 15.8. The van der Waals surface area contributed by atoms with E-state index in [-0.39, 0.29) is 17.3 Å². The number of ether oxygens (including phenoxy) is 2. The molecule has 0 saturated carbocycles. The monoisotopic (exact) mass is 287 g/mol. The fraction of sp³-hybridized carbons (Fsp3) is 0.364. The lowest BCUT2D eigenvalue weighted by Gasteiger charge is -2.21. The molecule has 0 amide bonds. The smallest absolute Gasteiger partial charge is 0.321 e. The first-order valence-electron chi connectivity index (χ1n) is 5.55. The van der Waals surface area contributed by atoms with Gasteiger partial charge in [0.25, 0.3) is 0 Å². The fourth-order valence-corrected chi connectivity index (χ4v) is 2.96. The molecule has 0 aromatic heterocycles. The summed E-state index contributed by atoms with van der Waals surface area (Å²) in [6.45, 7) is 1.83. The third-order valence-corrected chi connectivity index (χ3v) is 4.09. The first-order chi connectivity index (χ1) is 8.92. The van der Waals surface area contributed by atoms with Crippen LogP contribution in [-0.4, -0.2) is 38.7 Å². The Labute approximate surface area is 110 Å². The first kappa shape index (κ1) is 13.6. The molecule has 0 bridgehead atoms. The molecule has 1 aromatic rings.